The summed E-state index contributed by atoms with van der Waals surface area (Å²) in [5, 5.41) is 3.10. The van der Waals surface area contributed by atoms with E-state index in [1.807, 2.05) is 20.2 Å². The third-order valence-electron chi connectivity index (χ3n) is 1.98. The topological polar surface area (TPSA) is 29.9 Å². The Hall–Kier alpha value is -1.27. The molecular formula is C10H15N3. The van der Waals surface area contributed by atoms with Crippen LogP contribution in [0, 0.1) is 19.3 Å². The smallest absolute Gasteiger partial charge is 0.105 e. The average molecular weight is 177 g/mol. The van der Waals surface area contributed by atoms with Crippen LogP contribution >= 0.6 is 0 Å². The Morgan fingerprint density at radius 3 is 3.08 bits per heavy atom. The molecule has 1 aromatic rings. The number of hydrogen-bond donors (Lipinski definition) is 1. The van der Waals surface area contributed by atoms with E-state index >= 15 is 0 Å². The molecule has 0 amide bonds. The van der Waals surface area contributed by atoms with Crippen molar-refractivity contribution in [1.82, 2.24) is 14.9 Å². The van der Waals surface area contributed by atoms with Crippen molar-refractivity contribution in [3.63, 3.8) is 0 Å². The molecule has 0 aliphatic carbocycles. The molecule has 0 bridgehead atoms. The lowest BCUT2D eigenvalue weighted by Crippen LogP contribution is -2.12. The van der Waals surface area contributed by atoms with Crippen molar-refractivity contribution in [1.29, 1.82) is 0 Å². The van der Waals surface area contributed by atoms with Gasteiger partial charge in [-0.25, -0.2) is 4.98 Å². The molecule has 70 valence electrons. The summed E-state index contributed by atoms with van der Waals surface area (Å²) >= 11 is 0. The van der Waals surface area contributed by atoms with Crippen LogP contribution in [0.15, 0.2) is 6.20 Å². The van der Waals surface area contributed by atoms with Crippen LogP contribution in [0.1, 0.15) is 17.9 Å². The second-order valence-electron chi connectivity index (χ2n) is 2.93. The fraction of sp³-hybridized carbons (Fsp3) is 0.500. The van der Waals surface area contributed by atoms with Gasteiger partial charge in [-0.3, -0.25) is 0 Å². The Bertz CT molecular complexity index is 306. The van der Waals surface area contributed by atoms with Gasteiger partial charge in [0.15, 0.2) is 0 Å². The summed E-state index contributed by atoms with van der Waals surface area (Å²) in [6.07, 6.45) is 7.87. The van der Waals surface area contributed by atoms with Gasteiger partial charge in [0, 0.05) is 25.7 Å². The van der Waals surface area contributed by atoms with E-state index in [0.29, 0.717) is 0 Å². The molecule has 0 saturated carbocycles. The highest BCUT2D eigenvalue weighted by Gasteiger charge is 2.03. The van der Waals surface area contributed by atoms with E-state index in [1.165, 1.54) is 5.69 Å². The number of rotatable bonds is 4. The quantitative estimate of drug-likeness (QED) is 0.693. The third-order valence-corrected chi connectivity index (χ3v) is 1.98. The minimum Gasteiger partial charge on any atom is -0.330 e. The fourth-order valence-corrected chi connectivity index (χ4v) is 1.32. The zero-order valence-corrected chi connectivity index (χ0v) is 8.17. The van der Waals surface area contributed by atoms with Crippen LogP contribution in [0.25, 0.3) is 0 Å². The lowest BCUT2D eigenvalue weighted by molar-refractivity contribution is 0.634. The Labute approximate surface area is 79.2 Å². The average Bonchev–Trinajstić information content (AvgIpc) is 2.45. The standard InChI is InChI=1S/C10H15N3/c1-4-5-6-13-9(2)12-8-10(13)7-11-3/h1,8,11H,5-7H2,2-3H3. The summed E-state index contributed by atoms with van der Waals surface area (Å²) in [5.41, 5.74) is 1.19. The number of nitrogens with one attached hydrogen (secondary N) is 1. The van der Waals surface area contributed by atoms with Gasteiger partial charge in [0.2, 0.25) is 0 Å². The van der Waals surface area contributed by atoms with E-state index < -0.39 is 0 Å². The highest BCUT2D eigenvalue weighted by Crippen LogP contribution is 2.05. The molecule has 3 nitrogen and oxygen atoms in total. The van der Waals surface area contributed by atoms with Crippen LogP contribution in [0.3, 0.4) is 0 Å². The van der Waals surface area contributed by atoms with E-state index in [1.54, 1.807) is 0 Å². The van der Waals surface area contributed by atoms with Crippen LogP contribution in [-0.4, -0.2) is 16.6 Å². The van der Waals surface area contributed by atoms with Gasteiger partial charge in [0.05, 0.1) is 5.69 Å². The molecule has 0 fully saturated rings. The Kier molecular flexibility index (Phi) is 3.53. The van der Waals surface area contributed by atoms with E-state index in [2.05, 4.69) is 20.8 Å². The summed E-state index contributed by atoms with van der Waals surface area (Å²) in [5.74, 6) is 3.66. The Balaban J connectivity index is 2.76. The number of aryl methyl sites for hydroxylation is 1. The first kappa shape index (κ1) is 9.82. The van der Waals surface area contributed by atoms with Crippen molar-refractivity contribution in [3.8, 4) is 12.3 Å². The minimum atomic E-state index is 0.758. The Morgan fingerprint density at radius 2 is 2.46 bits per heavy atom. The second kappa shape index (κ2) is 4.68. The van der Waals surface area contributed by atoms with Gasteiger partial charge in [-0.05, 0) is 14.0 Å². The summed E-state index contributed by atoms with van der Waals surface area (Å²) in [4.78, 5) is 4.24. The molecular weight excluding hydrogens is 162 g/mol. The molecule has 0 saturated heterocycles. The van der Waals surface area contributed by atoms with E-state index in [9.17, 15) is 0 Å². The molecule has 0 unspecified atom stereocenters. The highest BCUT2D eigenvalue weighted by atomic mass is 15.1. The van der Waals surface area contributed by atoms with Crippen LogP contribution in [0.5, 0.6) is 0 Å². The fourth-order valence-electron chi connectivity index (χ4n) is 1.32. The van der Waals surface area contributed by atoms with E-state index in [-0.39, 0.29) is 0 Å². The van der Waals surface area contributed by atoms with Gasteiger partial charge in [-0.1, -0.05) is 0 Å². The lowest BCUT2D eigenvalue weighted by Gasteiger charge is -2.07. The molecule has 1 rings (SSSR count). The van der Waals surface area contributed by atoms with Gasteiger partial charge in [0.1, 0.15) is 5.82 Å². The SMILES string of the molecule is C#CCCn1c(CNC)cnc1C. The minimum absolute atomic E-state index is 0.758. The molecule has 0 atom stereocenters. The van der Waals surface area contributed by atoms with Gasteiger partial charge < -0.3 is 9.88 Å². The molecule has 1 N–H and O–H groups in total. The van der Waals surface area contributed by atoms with Crippen molar-refractivity contribution in [2.75, 3.05) is 7.05 Å². The first-order valence-corrected chi connectivity index (χ1v) is 4.38. The van der Waals surface area contributed by atoms with Crippen LogP contribution in [-0.2, 0) is 13.1 Å². The van der Waals surface area contributed by atoms with E-state index in [0.717, 1.165) is 25.3 Å². The van der Waals surface area contributed by atoms with Crippen molar-refractivity contribution in [2.24, 2.45) is 0 Å². The summed E-state index contributed by atoms with van der Waals surface area (Å²) in [6.45, 7) is 3.69. The highest BCUT2D eigenvalue weighted by molar-refractivity contribution is 5.04. The number of nitrogens with zero attached hydrogens (tertiary/aromatic N) is 2. The largest absolute Gasteiger partial charge is 0.330 e. The van der Waals surface area contributed by atoms with Gasteiger partial charge >= 0.3 is 0 Å². The maximum absolute atomic E-state index is 5.22. The number of imidazole rings is 1. The zero-order valence-electron chi connectivity index (χ0n) is 8.17. The van der Waals surface area contributed by atoms with Gasteiger partial charge in [-0.15, -0.1) is 12.3 Å². The van der Waals surface area contributed by atoms with Gasteiger partial charge in [0.25, 0.3) is 0 Å². The molecule has 0 aromatic carbocycles. The molecule has 0 spiro atoms. The number of hydrogen-bond acceptors (Lipinski definition) is 2. The van der Waals surface area contributed by atoms with Crippen molar-refractivity contribution >= 4 is 0 Å². The second-order valence-corrected chi connectivity index (χ2v) is 2.93. The van der Waals surface area contributed by atoms with Crippen LogP contribution in [0.2, 0.25) is 0 Å². The summed E-state index contributed by atoms with van der Waals surface area (Å²) in [7, 11) is 1.92. The molecule has 1 heterocycles. The molecule has 0 aliphatic heterocycles. The molecule has 0 radical (unpaired) electrons. The van der Waals surface area contributed by atoms with E-state index in [4.69, 9.17) is 6.42 Å². The normalized spacial score (nSPS) is 9.92. The molecule has 0 aliphatic rings. The maximum atomic E-state index is 5.22. The number of aromatic nitrogens is 2. The summed E-state index contributed by atoms with van der Waals surface area (Å²) < 4.78 is 2.15. The third kappa shape index (κ3) is 2.33. The first-order valence-electron chi connectivity index (χ1n) is 4.38. The molecule has 3 heteroatoms. The van der Waals surface area contributed by atoms with Crippen molar-refractivity contribution in [3.05, 3.63) is 17.7 Å². The van der Waals surface area contributed by atoms with Crippen molar-refractivity contribution in [2.45, 2.75) is 26.4 Å². The predicted molar refractivity (Wildman–Crippen MR) is 53.2 cm³/mol. The lowest BCUT2D eigenvalue weighted by atomic mass is 10.4. The molecule has 1 aromatic heterocycles. The van der Waals surface area contributed by atoms with Crippen molar-refractivity contribution < 1.29 is 0 Å². The van der Waals surface area contributed by atoms with Gasteiger partial charge in [-0.2, -0.15) is 0 Å². The Morgan fingerprint density at radius 1 is 1.69 bits per heavy atom. The zero-order chi connectivity index (χ0) is 9.68. The predicted octanol–water partition coefficient (Wildman–Crippen LogP) is 0.934. The monoisotopic (exact) mass is 177 g/mol. The number of terminal acetylenes is 1. The first-order chi connectivity index (χ1) is 6.29. The molecule has 13 heavy (non-hydrogen) atoms. The van der Waals surface area contributed by atoms with Crippen LogP contribution < -0.4 is 5.32 Å². The summed E-state index contributed by atoms with van der Waals surface area (Å²) in [6, 6.07) is 0. The van der Waals surface area contributed by atoms with Crippen LogP contribution in [0.4, 0.5) is 0 Å². The maximum Gasteiger partial charge on any atom is 0.105 e.